The summed E-state index contributed by atoms with van der Waals surface area (Å²) < 4.78 is 16.1. The summed E-state index contributed by atoms with van der Waals surface area (Å²) in [6.07, 6.45) is 7.09. The van der Waals surface area contributed by atoms with E-state index in [1.54, 1.807) is 18.2 Å². The van der Waals surface area contributed by atoms with Crippen molar-refractivity contribution in [2.24, 2.45) is 0 Å². The Balaban J connectivity index is 1.40. The van der Waals surface area contributed by atoms with Crippen molar-refractivity contribution in [3.05, 3.63) is 41.5 Å². The highest BCUT2D eigenvalue weighted by atomic mass is 19.1. The largest absolute Gasteiger partial charge is 0.385 e. The van der Waals surface area contributed by atoms with E-state index in [4.69, 9.17) is 0 Å². The highest BCUT2D eigenvalue weighted by Crippen LogP contribution is 2.35. The van der Waals surface area contributed by atoms with Gasteiger partial charge in [-0.25, -0.2) is 9.07 Å². The fourth-order valence-corrected chi connectivity index (χ4v) is 4.31. The van der Waals surface area contributed by atoms with Crippen LogP contribution < -0.4 is 0 Å². The fourth-order valence-electron chi connectivity index (χ4n) is 4.31. The predicted molar refractivity (Wildman–Crippen MR) is 94.7 cm³/mol. The number of hydrogen-bond donors (Lipinski definition) is 1. The van der Waals surface area contributed by atoms with Gasteiger partial charge in [-0.3, -0.25) is 4.90 Å². The van der Waals surface area contributed by atoms with Gasteiger partial charge < -0.3 is 5.11 Å². The summed E-state index contributed by atoms with van der Waals surface area (Å²) in [5.41, 5.74) is -0.677. The molecule has 140 valence electrons. The molecule has 1 N–H and O–H groups in total. The SMILES string of the molecule is OC1(c2ccccc2F)CCN(Cc2nnnn2C2CCCCC2)CC1. The number of rotatable bonds is 4. The molecule has 2 fully saturated rings. The number of hydrogen-bond acceptors (Lipinski definition) is 5. The van der Waals surface area contributed by atoms with Crippen molar-refractivity contribution in [2.45, 2.75) is 63.1 Å². The van der Waals surface area contributed by atoms with Crippen LogP contribution in [0.3, 0.4) is 0 Å². The van der Waals surface area contributed by atoms with Crippen LogP contribution in [-0.4, -0.2) is 43.3 Å². The minimum Gasteiger partial charge on any atom is -0.385 e. The van der Waals surface area contributed by atoms with Gasteiger partial charge in [-0.05, 0) is 42.2 Å². The van der Waals surface area contributed by atoms with E-state index in [-0.39, 0.29) is 5.82 Å². The molecule has 7 heteroatoms. The molecule has 2 aromatic rings. The topological polar surface area (TPSA) is 67.1 Å². The molecule has 1 saturated heterocycles. The lowest BCUT2D eigenvalue weighted by Gasteiger charge is -2.38. The number of piperidine rings is 1. The molecule has 1 aliphatic heterocycles. The van der Waals surface area contributed by atoms with Crippen LogP contribution in [0.15, 0.2) is 24.3 Å². The zero-order valence-electron chi connectivity index (χ0n) is 15.0. The van der Waals surface area contributed by atoms with Gasteiger partial charge in [-0.1, -0.05) is 37.5 Å². The highest BCUT2D eigenvalue weighted by molar-refractivity contribution is 5.25. The maximum atomic E-state index is 14.1. The fraction of sp³-hybridized carbons (Fsp3) is 0.632. The number of likely N-dealkylation sites (tertiary alicyclic amines) is 1. The number of nitrogens with zero attached hydrogens (tertiary/aromatic N) is 5. The van der Waals surface area contributed by atoms with Crippen LogP contribution in [0.25, 0.3) is 0 Å². The third-order valence-corrected chi connectivity index (χ3v) is 5.90. The predicted octanol–water partition coefficient (Wildman–Crippen LogP) is 2.80. The van der Waals surface area contributed by atoms with Crippen molar-refractivity contribution in [3.63, 3.8) is 0 Å². The van der Waals surface area contributed by atoms with Crippen molar-refractivity contribution in [1.82, 2.24) is 25.1 Å². The molecule has 2 heterocycles. The lowest BCUT2D eigenvalue weighted by atomic mass is 9.84. The van der Waals surface area contributed by atoms with Gasteiger partial charge in [0.2, 0.25) is 0 Å². The molecular formula is C19H26FN5O. The van der Waals surface area contributed by atoms with E-state index in [2.05, 4.69) is 20.4 Å². The molecule has 0 atom stereocenters. The van der Waals surface area contributed by atoms with Gasteiger partial charge in [0.25, 0.3) is 0 Å². The van der Waals surface area contributed by atoms with E-state index in [0.29, 0.717) is 44.1 Å². The lowest BCUT2D eigenvalue weighted by molar-refractivity contribution is -0.0311. The molecule has 0 amide bonds. The van der Waals surface area contributed by atoms with Crippen molar-refractivity contribution >= 4 is 0 Å². The second kappa shape index (κ2) is 7.40. The molecule has 1 aliphatic carbocycles. The Kier molecular flexibility index (Phi) is 5.00. The monoisotopic (exact) mass is 359 g/mol. The Morgan fingerprint density at radius 2 is 1.85 bits per heavy atom. The first-order valence-electron chi connectivity index (χ1n) is 9.62. The summed E-state index contributed by atoms with van der Waals surface area (Å²) in [4.78, 5) is 2.25. The third kappa shape index (κ3) is 3.50. The molecule has 4 rings (SSSR count). The van der Waals surface area contributed by atoms with Crippen LogP contribution >= 0.6 is 0 Å². The number of tetrazole rings is 1. The maximum absolute atomic E-state index is 14.1. The van der Waals surface area contributed by atoms with Gasteiger partial charge in [-0.2, -0.15) is 0 Å². The Hall–Kier alpha value is -1.86. The smallest absolute Gasteiger partial charge is 0.165 e. The van der Waals surface area contributed by atoms with Crippen LogP contribution in [-0.2, 0) is 12.1 Å². The zero-order chi connectivity index (χ0) is 18.0. The molecule has 1 aromatic heterocycles. The van der Waals surface area contributed by atoms with E-state index in [1.165, 1.54) is 25.3 Å². The summed E-state index contributed by atoms with van der Waals surface area (Å²) in [5.74, 6) is 0.568. The van der Waals surface area contributed by atoms with Crippen LogP contribution in [0, 0.1) is 5.82 Å². The van der Waals surface area contributed by atoms with Gasteiger partial charge in [0, 0.05) is 18.7 Å². The van der Waals surface area contributed by atoms with Crippen LogP contribution in [0.2, 0.25) is 0 Å². The normalized spacial score (nSPS) is 21.8. The molecule has 0 spiro atoms. The highest BCUT2D eigenvalue weighted by Gasteiger charge is 2.36. The first kappa shape index (κ1) is 17.5. The summed E-state index contributed by atoms with van der Waals surface area (Å²) in [6.45, 7) is 2.07. The van der Waals surface area contributed by atoms with Gasteiger partial charge in [0.15, 0.2) is 5.82 Å². The van der Waals surface area contributed by atoms with E-state index >= 15 is 0 Å². The Morgan fingerprint density at radius 3 is 2.58 bits per heavy atom. The van der Waals surface area contributed by atoms with Crippen molar-refractivity contribution in [2.75, 3.05) is 13.1 Å². The second-order valence-electron chi connectivity index (χ2n) is 7.62. The molecular weight excluding hydrogens is 333 g/mol. The van der Waals surface area contributed by atoms with E-state index in [1.807, 2.05) is 4.68 Å². The molecule has 0 bridgehead atoms. The number of benzene rings is 1. The Labute approximate surface area is 153 Å². The Bertz CT molecular complexity index is 735. The van der Waals surface area contributed by atoms with Crippen LogP contribution in [0.5, 0.6) is 0 Å². The molecule has 26 heavy (non-hydrogen) atoms. The van der Waals surface area contributed by atoms with Crippen LogP contribution in [0.4, 0.5) is 4.39 Å². The molecule has 1 saturated carbocycles. The van der Waals surface area contributed by atoms with Crippen molar-refractivity contribution in [1.29, 1.82) is 0 Å². The first-order chi connectivity index (χ1) is 12.7. The van der Waals surface area contributed by atoms with E-state index < -0.39 is 5.60 Å². The summed E-state index contributed by atoms with van der Waals surface area (Å²) in [5, 5.41) is 23.3. The van der Waals surface area contributed by atoms with Crippen LogP contribution in [0.1, 0.15) is 62.4 Å². The van der Waals surface area contributed by atoms with Gasteiger partial charge in [-0.15, -0.1) is 5.10 Å². The average molecular weight is 359 g/mol. The summed E-state index contributed by atoms with van der Waals surface area (Å²) in [6, 6.07) is 6.95. The second-order valence-corrected chi connectivity index (χ2v) is 7.62. The average Bonchev–Trinajstić information content (AvgIpc) is 3.13. The van der Waals surface area contributed by atoms with Crippen molar-refractivity contribution in [3.8, 4) is 0 Å². The molecule has 0 radical (unpaired) electrons. The quantitative estimate of drug-likeness (QED) is 0.909. The van der Waals surface area contributed by atoms with Gasteiger partial charge in [0.05, 0.1) is 18.2 Å². The van der Waals surface area contributed by atoms with E-state index in [0.717, 1.165) is 18.7 Å². The minimum absolute atomic E-state index is 0.329. The molecule has 2 aliphatic rings. The number of aromatic nitrogens is 4. The maximum Gasteiger partial charge on any atom is 0.165 e. The van der Waals surface area contributed by atoms with Gasteiger partial charge in [0.1, 0.15) is 5.82 Å². The van der Waals surface area contributed by atoms with Crippen molar-refractivity contribution < 1.29 is 9.50 Å². The third-order valence-electron chi connectivity index (χ3n) is 5.90. The minimum atomic E-state index is -1.09. The molecule has 1 aromatic carbocycles. The lowest BCUT2D eigenvalue weighted by Crippen LogP contribution is -2.43. The number of aliphatic hydroxyl groups is 1. The zero-order valence-corrected chi connectivity index (χ0v) is 15.0. The number of halogens is 1. The summed E-state index contributed by atoms with van der Waals surface area (Å²) in [7, 11) is 0. The first-order valence-corrected chi connectivity index (χ1v) is 9.62. The van der Waals surface area contributed by atoms with Gasteiger partial charge >= 0.3 is 0 Å². The molecule has 0 unspecified atom stereocenters. The summed E-state index contributed by atoms with van der Waals surface area (Å²) >= 11 is 0. The Morgan fingerprint density at radius 1 is 1.12 bits per heavy atom. The molecule has 6 nitrogen and oxygen atoms in total. The van der Waals surface area contributed by atoms with E-state index in [9.17, 15) is 9.50 Å². The standard InChI is InChI=1S/C19H26FN5O/c20-17-9-5-4-8-16(17)19(26)10-12-24(13-11-19)14-18-21-22-23-25(18)15-6-2-1-3-7-15/h4-5,8-9,15,26H,1-3,6-7,10-14H2.